The highest BCUT2D eigenvalue weighted by Gasteiger charge is 2.49. The summed E-state index contributed by atoms with van der Waals surface area (Å²) in [5.74, 6) is 0.262. The van der Waals surface area contributed by atoms with Crippen molar-refractivity contribution in [1.29, 1.82) is 0 Å². The summed E-state index contributed by atoms with van der Waals surface area (Å²) in [5.41, 5.74) is -0.565. The first kappa shape index (κ1) is 12.9. The lowest BCUT2D eigenvalue weighted by Gasteiger charge is -2.38. The number of hydrogen-bond donors (Lipinski definition) is 1. The molecule has 1 unspecified atom stereocenters. The van der Waals surface area contributed by atoms with Crippen molar-refractivity contribution in [2.24, 2.45) is 0 Å². The Labute approximate surface area is 114 Å². The third-order valence-corrected chi connectivity index (χ3v) is 5.15. The standard InChI is InChI=1S/C15H24N2O2/c1-11-10-13(18)16-15(8-4-5-9-15)14(19)17(11)12-6-2-3-7-12/h11-12H,2-10H2,1H3,(H,16,18). The summed E-state index contributed by atoms with van der Waals surface area (Å²) in [5, 5.41) is 3.06. The number of hydrogen-bond acceptors (Lipinski definition) is 2. The summed E-state index contributed by atoms with van der Waals surface area (Å²) in [6.07, 6.45) is 8.88. The Kier molecular flexibility index (Phi) is 3.27. The van der Waals surface area contributed by atoms with E-state index in [1.54, 1.807) is 0 Å². The van der Waals surface area contributed by atoms with Crippen LogP contribution in [0.15, 0.2) is 0 Å². The molecule has 3 aliphatic rings. The molecule has 1 heterocycles. The second kappa shape index (κ2) is 4.80. The number of rotatable bonds is 1. The van der Waals surface area contributed by atoms with Gasteiger partial charge in [-0.05, 0) is 32.6 Å². The zero-order chi connectivity index (χ0) is 13.5. The van der Waals surface area contributed by atoms with Gasteiger partial charge >= 0.3 is 0 Å². The normalized spacial score (nSPS) is 31.8. The highest BCUT2D eigenvalue weighted by atomic mass is 16.2. The van der Waals surface area contributed by atoms with Crippen LogP contribution in [0.3, 0.4) is 0 Å². The van der Waals surface area contributed by atoms with Crippen molar-refractivity contribution in [2.75, 3.05) is 0 Å². The highest BCUT2D eigenvalue weighted by Crippen LogP contribution is 2.37. The van der Waals surface area contributed by atoms with Gasteiger partial charge in [-0.3, -0.25) is 9.59 Å². The van der Waals surface area contributed by atoms with E-state index in [1.807, 2.05) is 6.92 Å². The van der Waals surface area contributed by atoms with Gasteiger partial charge in [0.1, 0.15) is 5.54 Å². The Morgan fingerprint density at radius 1 is 1.11 bits per heavy atom. The van der Waals surface area contributed by atoms with Gasteiger partial charge in [-0.25, -0.2) is 0 Å². The predicted molar refractivity (Wildman–Crippen MR) is 72.5 cm³/mol. The van der Waals surface area contributed by atoms with Crippen LogP contribution < -0.4 is 5.32 Å². The molecular weight excluding hydrogens is 240 g/mol. The molecule has 3 rings (SSSR count). The van der Waals surface area contributed by atoms with E-state index in [9.17, 15) is 9.59 Å². The summed E-state index contributed by atoms with van der Waals surface area (Å²) in [6, 6.07) is 0.420. The van der Waals surface area contributed by atoms with Crippen molar-refractivity contribution in [3.63, 3.8) is 0 Å². The molecule has 4 nitrogen and oxygen atoms in total. The maximum Gasteiger partial charge on any atom is 0.248 e. The molecule has 0 radical (unpaired) electrons. The molecular formula is C15H24N2O2. The zero-order valence-corrected chi connectivity index (χ0v) is 11.8. The maximum absolute atomic E-state index is 13.0. The number of nitrogens with zero attached hydrogens (tertiary/aromatic N) is 1. The van der Waals surface area contributed by atoms with Crippen molar-refractivity contribution in [2.45, 2.75) is 82.3 Å². The minimum absolute atomic E-state index is 0.0515. The second-order valence-corrected chi connectivity index (χ2v) is 6.54. The lowest BCUT2D eigenvalue weighted by atomic mass is 9.94. The maximum atomic E-state index is 13.0. The van der Waals surface area contributed by atoms with Gasteiger partial charge in [0.2, 0.25) is 11.8 Å². The number of amides is 2. The van der Waals surface area contributed by atoms with Crippen LogP contribution in [-0.2, 0) is 9.59 Å². The predicted octanol–water partition coefficient (Wildman–Crippen LogP) is 1.98. The lowest BCUT2D eigenvalue weighted by molar-refractivity contribution is -0.142. The molecule has 0 aromatic heterocycles. The molecule has 3 fully saturated rings. The average Bonchev–Trinajstić information content (AvgIpc) is 2.98. The topological polar surface area (TPSA) is 49.4 Å². The molecule has 4 heteroatoms. The molecule has 0 bridgehead atoms. The van der Waals surface area contributed by atoms with E-state index in [-0.39, 0.29) is 17.9 Å². The van der Waals surface area contributed by atoms with E-state index in [1.165, 1.54) is 12.8 Å². The van der Waals surface area contributed by atoms with E-state index in [0.29, 0.717) is 12.5 Å². The Morgan fingerprint density at radius 3 is 2.37 bits per heavy atom. The largest absolute Gasteiger partial charge is 0.342 e. The van der Waals surface area contributed by atoms with Crippen molar-refractivity contribution in [1.82, 2.24) is 10.2 Å². The smallest absolute Gasteiger partial charge is 0.248 e. The van der Waals surface area contributed by atoms with E-state index >= 15 is 0 Å². The minimum Gasteiger partial charge on any atom is -0.342 e. The van der Waals surface area contributed by atoms with Crippen molar-refractivity contribution in [3.8, 4) is 0 Å². The monoisotopic (exact) mass is 264 g/mol. The first-order valence-corrected chi connectivity index (χ1v) is 7.76. The van der Waals surface area contributed by atoms with E-state index < -0.39 is 5.54 Å². The van der Waals surface area contributed by atoms with E-state index in [0.717, 1.165) is 38.5 Å². The third kappa shape index (κ3) is 2.15. The molecule has 1 N–H and O–H groups in total. The quantitative estimate of drug-likeness (QED) is 0.787. The molecule has 2 aliphatic carbocycles. The Balaban J connectivity index is 1.91. The molecule has 1 atom stereocenters. The van der Waals surface area contributed by atoms with Crippen LogP contribution in [0.2, 0.25) is 0 Å². The summed E-state index contributed by atoms with van der Waals surface area (Å²) >= 11 is 0. The molecule has 0 aromatic rings. The van der Waals surface area contributed by atoms with Crippen LogP contribution in [-0.4, -0.2) is 34.3 Å². The molecule has 2 saturated carbocycles. The Morgan fingerprint density at radius 2 is 1.74 bits per heavy atom. The van der Waals surface area contributed by atoms with Gasteiger partial charge in [0, 0.05) is 18.5 Å². The van der Waals surface area contributed by atoms with Gasteiger partial charge in [-0.15, -0.1) is 0 Å². The fourth-order valence-corrected chi connectivity index (χ4v) is 4.21. The van der Waals surface area contributed by atoms with Crippen molar-refractivity contribution < 1.29 is 9.59 Å². The molecule has 1 spiro atoms. The molecule has 0 aromatic carbocycles. The summed E-state index contributed by atoms with van der Waals surface area (Å²) < 4.78 is 0. The van der Waals surface area contributed by atoms with Gasteiger partial charge in [0.25, 0.3) is 0 Å². The minimum atomic E-state index is -0.565. The lowest BCUT2D eigenvalue weighted by Crippen LogP contribution is -2.58. The summed E-state index contributed by atoms with van der Waals surface area (Å²) in [4.78, 5) is 27.2. The molecule has 106 valence electrons. The first-order chi connectivity index (χ1) is 9.12. The van der Waals surface area contributed by atoms with Crippen LogP contribution in [0.25, 0.3) is 0 Å². The van der Waals surface area contributed by atoms with E-state index in [2.05, 4.69) is 10.2 Å². The SMILES string of the molecule is CC1CC(=O)NC2(CCCC2)C(=O)N1C1CCCC1. The molecule has 1 saturated heterocycles. The van der Waals surface area contributed by atoms with Gasteiger partial charge in [-0.2, -0.15) is 0 Å². The second-order valence-electron chi connectivity index (χ2n) is 6.54. The Hall–Kier alpha value is -1.06. The van der Waals surface area contributed by atoms with Crippen LogP contribution in [0.1, 0.15) is 64.7 Å². The van der Waals surface area contributed by atoms with Crippen LogP contribution >= 0.6 is 0 Å². The van der Waals surface area contributed by atoms with Crippen LogP contribution in [0.5, 0.6) is 0 Å². The fourth-order valence-electron chi connectivity index (χ4n) is 4.21. The molecule has 2 amide bonds. The van der Waals surface area contributed by atoms with Crippen molar-refractivity contribution in [3.05, 3.63) is 0 Å². The van der Waals surface area contributed by atoms with Gasteiger partial charge in [0.05, 0.1) is 0 Å². The first-order valence-electron chi connectivity index (χ1n) is 7.76. The van der Waals surface area contributed by atoms with E-state index in [4.69, 9.17) is 0 Å². The number of nitrogens with one attached hydrogen (secondary N) is 1. The van der Waals surface area contributed by atoms with Crippen molar-refractivity contribution >= 4 is 11.8 Å². The van der Waals surface area contributed by atoms with Crippen LogP contribution in [0, 0.1) is 0 Å². The number of carbonyl (C=O) groups excluding carboxylic acids is 2. The fraction of sp³-hybridized carbons (Fsp3) is 0.867. The number of carbonyl (C=O) groups is 2. The Bertz CT molecular complexity index is 382. The summed E-state index contributed by atoms with van der Waals surface area (Å²) in [7, 11) is 0. The molecule has 1 aliphatic heterocycles. The van der Waals surface area contributed by atoms with Gasteiger partial charge in [-0.1, -0.05) is 25.7 Å². The summed E-state index contributed by atoms with van der Waals surface area (Å²) in [6.45, 7) is 2.03. The van der Waals surface area contributed by atoms with Gasteiger partial charge < -0.3 is 10.2 Å². The highest BCUT2D eigenvalue weighted by molar-refractivity contribution is 5.94. The molecule has 19 heavy (non-hydrogen) atoms. The zero-order valence-electron chi connectivity index (χ0n) is 11.8. The average molecular weight is 264 g/mol. The van der Waals surface area contributed by atoms with Gasteiger partial charge in [0.15, 0.2) is 0 Å². The van der Waals surface area contributed by atoms with Crippen LogP contribution in [0.4, 0.5) is 0 Å². The third-order valence-electron chi connectivity index (χ3n) is 5.15.